The zero-order valence-corrected chi connectivity index (χ0v) is 13.2. The fourth-order valence-electron chi connectivity index (χ4n) is 3.29. The van der Waals surface area contributed by atoms with Gasteiger partial charge >= 0.3 is 5.97 Å². The zero-order valence-electron chi connectivity index (χ0n) is 12.5. The summed E-state index contributed by atoms with van der Waals surface area (Å²) in [6, 6.07) is 12.7. The Morgan fingerprint density at radius 1 is 1.22 bits per heavy atom. The molecule has 3 rings (SSSR count). The van der Waals surface area contributed by atoms with E-state index in [4.69, 9.17) is 11.6 Å². The molecule has 2 unspecified atom stereocenters. The highest BCUT2D eigenvalue weighted by Gasteiger charge is 2.36. The Bertz CT molecular complexity index is 676. The lowest BCUT2D eigenvalue weighted by Gasteiger charge is -2.32. The summed E-state index contributed by atoms with van der Waals surface area (Å²) in [5.41, 5.74) is 1.61. The van der Waals surface area contributed by atoms with Crippen LogP contribution < -0.4 is 0 Å². The van der Waals surface area contributed by atoms with Gasteiger partial charge in [0.05, 0.1) is 6.04 Å². The van der Waals surface area contributed by atoms with Crippen molar-refractivity contribution in [2.45, 2.75) is 24.9 Å². The van der Waals surface area contributed by atoms with Crippen LogP contribution in [0.1, 0.15) is 30.0 Å². The van der Waals surface area contributed by atoms with Gasteiger partial charge in [0.25, 0.3) is 0 Å². The Hall–Kier alpha value is -1.91. The quantitative estimate of drug-likeness (QED) is 0.915. The molecule has 0 bridgehead atoms. The van der Waals surface area contributed by atoms with Crippen molar-refractivity contribution in [3.05, 3.63) is 70.5 Å². The lowest BCUT2D eigenvalue weighted by molar-refractivity contribution is -0.142. The molecule has 1 aliphatic heterocycles. The maximum atomic E-state index is 13.7. The smallest absolute Gasteiger partial charge is 0.320 e. The first-order chi connectivity index (χ1) is 11.1. The van der Waals surface area contributed by atoms with Crippen LogP contribution in [0.4, 0.5) is 4.39 Å². The van der Waals surface area contributed by atoms with Gasteiger partial charge in [-0.2, -0.15) is 0 Å². The molecular weight excluding hydrogens is 317 g/mol. The molecule has 2 aromatic rings. The van der Waals surface area contributed by atoms with Gasteiger partial charge < -0.3 is 5.11 Å². The average Bonchev–Trinajstić information content (AvgIpc) is 2.97. The monoisotopic (exact) mass is 333 g/mol. The Morgan fingerprint density at radius 2 is 1.91 bits per heavy atom. The van der Waals surface area contributed by atoms with Gasteiger partial charge in [-0.15, -0.1) is 0 Å². The van der Waals surface area contributed by atoms with E-state index in [9.17, 15) is 14.3 Å². The Morgan fingerprint density at radius 3 is 2.57 bits per heavy atom. The summed E-state index contributed by atoms with van der Waals surface area (Å²) in [7, 11) is 0. The van der Waals surface area contributed by atoms with Crippen molar-refractivity contribution in [1.82, 2.24) is 4.90 Å². The topological polar surface area (TPSA) is 40.5 Å². The van der Waals surface area contributed by atoms with Crippen molar-refractivity contribution >= 4 is 17.6 Å². The van der Waals surface area contributed by atoms with Gasteiger partial charge in [0, 0.05) is 11.6 Å². The number of nitrogens with zero attached hydrogens (tertiary/aromatic N) is 1. The predicted molar refractivity (Wildman–Crippen MR) is 87.1 cm³/mol. The SMILES string of the molecule is O=C(O)C1CCCN1C(c1cccc(F)c1)c1cccc(Cl)c1. The van der Waals surface area contributed by atoms with Gasteiger partial charge in [0.15, 0.2) is 0 Å². The molecule has 0 saturated carbocycles. The van der Waals surface area contributed by atoms with E-state index in [2.05, 4.69) is 0 Å². The van der Waals surface area contributed by atoms with Crippen LogP contribution in [0.15, 0.2) is 48.5 Å². The second-order valence-electron chi connectivity index (χ2n) is 5.75. The summed E-state index contributed by atoms with van der Waals surface area (Å²) in [5.74, 6) is -1.17. The second-order valence-corrected chi connectivity index (χ2v) is 6.18. The van der Waals surface area contributed by atoms with Crippen molar-refractivity contribution in [3.8, 4) is 0 Å². The molecule has 0 amide bonds. The maximum absolute atomic E-state index is 13.7. The number of rotatable bonds is 4. The molecular formula is C18H17ClFNO2. The van der Waals surface area contributed by atoms with Crippen LogP contribution in [0.2, 0.25) is 5.02 Å². The van der Waals surface area contributed by atoms with Crippen LogP contribution in [-0.4, -0.2) is 28.6 Å². The number of carboxylic acids is 1. The molecule has 0 spiro atoms. The lowest BCUT2D eigenvalue weighted by Crippen LogP contribution is -2.39. The number of likely N-dealkylation sites (tertiary alicyclic amines) is 1. The lowest BCUT2D eigenvalue weighted by atomic mass is 9.96. The average molecular weight is 334 g/mol. The summed E-state index contributed by atoms with van der Waals surface area (Å²) in [6.45, 7) is 0.657. The first-order valence-electron chi connectivity index (χ1n) is 7.56. The number of hydrogen-bond acceptors (Lipinski definition) is 2. The van der Waals surface area contributed by atoms with E-state index in [0.717, 1.165) is 17.5 Å². The molecule has 1 fully saturated rings. The Labute approximate surface area is 139 Å². The van der Waals surface area contributed by atoms with Gasteiger partial charge in [-0.1, -0.05) is 35.9 Å². The second kappa shape index (κ2) is 6.69. The molecule has 1 saturated heterocycles. The summed E-state index contributed by atoms with van der Waals surface area (Å²) in [6.07, 6.45) is 1.41. The van der Waals surface area contributed by atoms with E-state index in [1.807, 2.05) is 29.2 Å². The van der Waals surface area contributed by atoms with Crippen molar-refractivity contribution in [2.75, 3.05) is 6.54 Å². The minimum atomic E-state index is -0.842. The van der Waals surface area contributed by atoms with Crippen LogP contribution in [-0.2, 0) is 4.79 Å². The van der Waals surface area contributed by atoms with Crippen LogP contribution in [0.3, 0.4) is 0 Å². The zero-order chi connectivity index (χ0) is 16.4. The van der Waals surface area contributed by atoms with E-state index in [0.29, 0.717) is 18.0 Å². The minimum Gasteiger partial charge on any atom is -0.480 e. The molecule has 1 N–H and O–H groups in total. The number of carbonyl (C=O) groups is 1. The molecule has 0 aromatic heterocycles. The van der Waals surface area contributed by atoms with Crippen LogP contribution in [0.5, 0.6) is 0 Å². The highest BCUT2D eigenvalue weighted by atomic mass is 35.5. The highest BCUT2D eigenvalue weighted by molar-refractivity contribution is 6.30. The highest BCUT2D eigenvalue weighted by Crippen LogP contribution is 2.35. The molecule has 0 radical (unpaired) electrons. The van der Waals surface area contributed by atoms with E-state index in [1.54, 1.807) is 12.1 Å². The van der Waals surface area contributed by atoms with E-state index >= 15 is 0 Å². The van der Waals surface area contributed by atoms with Gasteiger partial charge in [-0.25, -0.2) is 4.39 Å². The van der Waals surface area contributed by atoms with Crippen LogP contribution >= 0.6 is 11.6 Å². The summed E-state index contributed by atoms with van der Waals surface area (Å²) in [4.78, 5) is 13.5. The fourth-order valence-corrected chi connectivity index (χ4v) is 3.49. The molecule has 0 aliphatic carbocycles. The molecule has 120 valence electrons. The van der Waals surface area contributed by atoms with Crippen molar-refractivity contribution in [2.24, 2.45) is 0 Å². The van der Waals surface area contributed by atoms with Crippen molar-refractivity contribution in [1.29, 1.82) is 0 Å². The predicted octanol–water partition coefficient (Wildman–Crippen LogP) is 4.12. The third-order valence-corrected chi connectivity index (χ3v) is 4.47. The fraction of sp³-hybridized carbons (Fsp3) is 0.278. The normalized spacial score (nSPS) is 19.7. The molecule has 2 aromatic carbocycles. The third-order valence-electron chi connectivity index (χ3n) is 4.24. The largest absolute Gasteiger partial charge is 0.480 e. The molecule has 23 heavy (non-hydrogen) atoms. The Balaban J connectivity index is 2.08. The minimum absolute atomic E-state index is 0.326. The summed E-state index contributed by atoms with van der Waals surface area (Å²) >= 11 is 6.10. The number of benzene rings is 2. The van der Waals surface area contributed by atoms with Gasteiger partial charge in [-0.05, 0) is 48.2 Å². The van der Waals surface area contributed by atoms with Gasteiger partial charge in [0.2, 0.25) is 0 Å². The molecule has 2 atom stereocenters. The van der Waals surface area contributed by atoms with Crippen LogP contribution in [0, 0.1) is 5.82 Å². The van der Waals surface area contributed by atoms with Crippen molar-refractivity contribution in [3.63, 3.8) is 0 Å². The van der Waals surface area contributed by atoms with Crippen LogP contribution in [0.25, 0.3) is 0 Å². The number of aliphatic carboxylic acids is 1. The maximum Gasteiger partial charge on any atom is 0.320 e. The van der Waals surface area contributed by atoms with Gasteiger partial charge in [0.1, 0.15) is 11.9 Å². The van der Waals surface area contributed by atoms with E-state index in [-0.39, 0.29) is 11.9 Å². The third kappa shape index (κ3) is 3.38. The summed E-state index contributed by atoms with van der Waals surface area (Å²) in [5, 5.41) is 10.1. The van der Waals surface area contributed by atoms with Crippen molar-refractivity contribution < 1.29 is 14.3 Å². The molecule has 1 aliphatic rings. The van der Waals surface area contributed by atoms with E-state index < -0.39 is 12.0 Å². The molecule has 5 heteroatoms. The standard InChI is InChI=1S/C18H17ClFNO2/c19-14-6-1-4-12(10-14)17(13-5-2-7-15(20)11-13)21-9-3-8-16(21)18(22)23/h1-2,4-7,10-11,16-17H,3,8-9H2,(H,22,23). The number of halogens is 2. The van der Waals surface area contributed by atoms with E-state index in [1.165, 1.54) is 12.1 Å². The summed E-state index contributed by atoms with van der Waals surface area (Å²) < 4.78 is 13.7. The molecule has 1 heterocycles. The number of carboxylic acid groups (broad SMARTS) is 1. The van der Waals surface area contributed by atoms with Gasteiger partial charge in [-0.3, -0.25) is 9.69 Å². The first-order valence-corrected chi connectivity index (χ1v) is 7.93. The molecule has 3 nitrogen and oxygen atoms in total. The first kappa shape index (κ1) is 16.0. The Kier molecular flexibility index (Phi) is 4.64. The number of hydrogen-bond donors (Lipinski definition) is 1.